The van der Waals surface area contributed by atoms with Crippen LogP contribution < -0.4 is 9.47 Å². The van der Waals surface area contributed by atoms with Gasteiger partial charge in [-0.1, -0.05) is 36.0 Å². The van der Waals surface area contributed by atoms with Crippen LogP contribution in [-0.4, -0.2) is 29.2 Å². The van der Waals surface area contributed by atoms with E-state index in [1.54, 1.807) is 26.0 Å². The molecule has 0 saturated carbocycles. The molecule has 0 saturated heterocycles. The molecular weight excluding hydrogens is 334 g/mol. The molecule has 0 atom stereocenters. The Morgan fingerprint density at radius 1 is 0.920 bits per heavy atom. The quantitative estimate of drug-likeness (QED) is 0.539. The van der Waals surface area contributed by atoms with Gasteiger partial charge < -0.3 is 14.5 Å². The van der Waals surface area contributed by atoms with Crippen molar-refractivity contribution in [3.8, 4) is 11.5 Å². The van der Waals surface area contributed by atoms with Crippen molar-refractivity contribution in [3.05, 3.63) is 54.2 Å². The lowest BCUT2D eigenvalue weighted by Crippen LogP contribution is -1.89. The van der Waals surface area contributed by atoms with Crippen molar-refractivity contribution in [2.45, 2.75) is 10.9 Å². The number of fused-ring (bicyclic) bond motifs is 2. The maximum atomic E-state index is 5.33. The molecule has 0 aliphatic heterocycles. The first-order chi connectivity index (χ1) is 12.3. The Kier molecular flexibility index (Phi) is 4.19. The lowest BCUT2D eigenvalue weighted by Gasteiger charge is -2.06. The average molecular weight is 351 g/mol. The van der Waals surface area contributed by atoms with E-state index in [0.717, 1.165) is 38.5 Å². The summed E-state index contributed by atoms with van der Waals surface area (Å²) in [6.45, 7) is 0. The van der Waals surface area contributed by atoms with Gasteiger partial charge in [0.15, 0.2) is 16.7 Å². The van der Waals surface area contributed by atoms with E-state index in [1.807, 2.05) is 30.3 Å². The highest BCUT2D eigenvalue weighted by molar-refractivity contribution is 7.98. The molecule has 2 heterocycles. The molecule has 0 bridgehead atoms. The van der Waals surface area contributed by atoms with Gasteiger partial charge in [-0.2, -0.15) is 0 Å². The first kappa shape index (κ1) is 15.8. The number of aromatic nitrogens is 3. The van der Waals surface area contributed by atoms with Crippen LogP contribution in [0, 0.1) is 0 Å². The number of H-pyrrole nitrogens is 1. The number of thioether (sulfide) groups is 1. The Labute approximate surface area is 149 Å². The summed E-state index contributed by atoms with van der Waals surface area (Å²) in [5.74, 6) is 2.11. The van der Waals surface area contributed by atoms with Gasteiger partial charge in [0.2, 0.25) is 0 Å². The summed E-state index contributed by atoms with van der Waals surface area (Å²) in [5.41, 5.74) is 3.82. The number of benzene rings is 2. The van der Waals surface area contributed by atoms with Crippen LogP contribution in [0.2, 0.25) is 0 Å². The number of hydrogen-bond donors (Lipinski definition) is 1. The molecule has 126 valence electrons. The minimum atomic E-state index is 0.675. The Bertz CT molecular complexity index is 1000. The number of pyridine rings is 1. The second kappa shape index (κ2) is 6.64. The van der Waals surface area contributed by atoms with Crippen LogP contribution in [0.25, 0.3) is 21.9 Å². The Morgan fingerprint density at radius 3 is 2.56 bits per heavy atom. The van der Waals surface area contributed by atoms with Gasteiger partial charge in [-0.3, -0.25) is 4.98 Å². The van der Waals surface area contributed by atoms with E-state index in [4.69, 9.17) is 14.5 Å². The summed E-state index contributed by atoms with van der Waals surface area (Å²) in [6.07, 6.45) is 0. The Morgan fingerprint density at radius 2 is 1.72 bits per heavy atom. The second-order valence-electron chi connectivity index (χ2n) is 5.55. The topological polar surface area (TPSA) is 60.0 Å². The largest absolute Gasteiger partial charge is 0.493 e. The van der Waals surface area contributed by atoms with Gasteiger partial charge in [0.1, 0.15) is 0 Å². The van der Waals surface area contributed by atoms with Gasteiger partial charge in [0.05, 0.1) is 36.5 Å². The molecule has 2 aromatic carbocycles. The second-order valence-corrected chi connectivity index (χ2v) is 6.51. The SMILES string of the molecule is COc1cc2nc(SCc3ccc4ccccc4n3)[nH]c2cc1OC. The van der Waals surface area contributed by atoms with E-state index in [9.17, 15) is 0 Å². The van der Waals surface area contributed by atoms with E-state index in [0.29, 0.717) is 11.5 Å². The van der Waals surface area contributed by atoms with Crippen molar-refractivity contribution in [2.75, 3.05) is 14.2 Å². The maximum absolute atomic E-state index is 5.33. The van der Waals surface area contributed by atoms with E-state index in [1.165, 1.54) is 0 Å². The summed E-state index contributed by atoms with van der Waals surface area (Å²) < 4.78 is 10.7. The molecule has 0 amide bonds. The molecule has 0 spiro atoms. The molecule has 25 heavy (non-hydrogen) atoms. The van der Waals surface area contributed by atoms with E-state index < -0.39 is 0 Å². The highest BCUT2D eigenvalue weighted by Gasteiger charge is 2.10. The number of imidazole rings is 1. The molecule has 5 nitrogen and oxygen atoms in total. The molecule has 4 rings (SSSR count). The van der Waals surface area contributed by atoms with Crippen LogP contribution in [0.4, 0.5) is 0 Å². The standard InChI is InChI=1S/C19H17N3O2S/c1-23-17-9-15-16(10-18(17)24-2)22-19(21-15)25-11-13-8-7-12-5-3-4-6-14(12)20-13/h3-10H,11H2,1-2H3,(H,21,22). The van der Waals surface area contributed by atoms with Crippen molar-refractivity contribution >= 4 is 33.7 Å². The molecule has 0 radical (unpaired) electrons. The number of aromatic amines is 1. The van der Waals surface area contributed by atoms with Gasteiger partial charge in [0, 0.05) is 23.3 Å². The third kappa shape index (κ3) is 3.13. The molecule has 0 fully saturated rings. The van der Waals surface area contributed by atoms with Crippen molar-refractivity contribution in [3.63, 3.8) is 0 Å². The normalized spacial score (nSPS) is 11.1. The van der Waals surface area contributed by atoms with Crippen molar-refractivity contribution < 1.29 is 9.47 Å². The third-order valence-electron chi connectivity index (χ3n) is 3.98. The van der Waals surface area contributed by atoms with E-state index in [2.05, 4.69) is 28.2 Å². The number of nitrogens with one attached hydrogen (secondary N) is 1. The van der Waals surface area contributed by atoms with Gasteiger partial charge in [-0.05, 0) is 12.1 Å². The number of rotatable bonds is 5. The maximum Gasteiger partial charge on any atom is 0.166 e. The predicted molar refractivity (Wildman–Crippen MR) is 101 cm³/mol. The zero-order valence-corrected chi connectivity index (χ0v) is 14.8. The summed E-state index contributed by atoms with van der Waals surface area (Å²) in [5, 5.41) is 2.00. The summed E-state index contributed by atoms with van der Waals surface area (Å²) in [7, 11) is 3.25. The summed E-state index contributed by atoms with van der Waals surface area (Å²) in [6, 6.07) is 16.1. The van der Waals surface area contributed by atoms with Crippen LogP contribution in [0.5, 0.6) is 11.5 Å². The fourth-order valence-electron chi connectivity index (χ4n) is 2.71. The Balaban J connectivity index is 1.57. The molecule has 0 unspecified atom stereocenters. The number of methoxy groups -OCH3 is 2. The van der Waals surface area contributed by atoms with Gasteiger partial charge in [-0.15, -0.1) is 0 Å². The molecule has 1 N–H and O–H groups in total. The zero-order valence-electron chi connectivity index (χ0n) is 13.9. The van der Waals surface area contributed by atoms with Crippen LogP contribution >= 0.6 is 11.8 Å². The molecule has 6 heteroatoms. The van der Waals surface area contributed by atoms with Crippen LogP contribution in [0.15, 0.2) is 53.7 Å². The highest BCUT2D eigenvalue weighted by Crippen LogP contribution is 2.32. The zero-order chi connectivity index (χ0) is 17.2. The van der Waals surface area contributed by atoms with Crippen LogP contribution in [0.3, 0.4) is 0 Å². The number of hydrogen-bond acceptors (Lipinski definition) is 5. The van der Waals surface area contributed by atoms with Crippen molar-refractivity contribution in [2.24, 2.45) is 0 Å². The fourth-order valence-corrected chi connectivity index (χ4v) is 3.50. The summed E-state index contributed by atoms with van der Waals surface area (Å²) >= 11 is 1.62. The number of nitrogens with zero attached hydrogens (tertiary/aromatic N) is 2. The molecule has 0 aliphatic rings. The third-order valence-corrected chi connectivity index (χ3v) is 4.89. The smallest absolute Gasteiger partial charge is 0.166 e. The van der Waals surface area contributed by atoms with Crippen LogP contribution in [-0.2, 0) is 5.75 Å². The number of para-hydroxylation sites is 1. The molecule has 2 aromatic heterocycles. The van der Waals surface area contributed by atoms with Gasteiger partial charge >= 0.3 is 0 Å². The first-order valence-electron chi connectivity index (χ1n) is 7.86. The average Bonchev–Trinajstić information content (AvgIpc) is 3.06. The lowest BCUT2D eigenvalue weighted by atomic mass is 10.2. The van der Waals surface area contributed by atoms with Crippen molar-refractivity contribution in [1.29, 1.82) is 0 Å². The minimum absolute atomic E-state index is 0.675. The van der Waals surface area contributed by atoms with Gasteiger partial charge in [-0.25, -0.2) is 4.98 Å². The predicted octanol–water partition coefficient (Wildman–Crippen LogP) is 4.42. The molecule has 4 aromatic rings. The number of ether oxygens (including phenoxy) is 2. The lowest BCUT2D eigenvalue weighted by molar-refractivity contribution is 0.356. The van der Waals surface area contributed by atoms with Crippen molar-refractivity contribution in [1.82, 2.24) is 15.0 Å². The Hall–Kier alpha value is -2.73. The van der Waals surface area contributed by atoms with Crippen LogP contribution in [0.1, 0.15) is 5.69 Å². The highest BCUT2D eigenvalue weighted by atomic mass is 32.2. The first-order valence-corrected chi connectivity index (χ1v) is 8.84. The van der Waals surface area contributed by atoms with E-state index >= 15 is 0 Å². The van der Waals surface area contributed by atoms with Gasteiger partial charge in [0.25, 0.3) is 0 Å². The molecule has 0 aliphatic carbocycles. The minimum Gasteiger partial charge on any atom is -0.493 e. The summed E-state index contributed by atoms with van der Waals surface area (Å²) in [4.78, 5) is 12.6. The molecular formula is C19H17N3O2S. The van der Waals surface area contributed by atoms with E-state index in [-0.39, 0.29) is 0 Å². The monoisotopic (exact) mass is 351 g/mol. The fraction of sp³-hybridized carbons (Fsp3) is 0.158.